The number of likely N-dealkylation sites (tertiary alicyclic amines) is 1. The van der Waals surface area contributed by atoms with Gasteiger partial charge in [-0.05, 0) is 139 Å². The number of carbonyl (C=O) groups excluding carboxylic acids is 1. The Labute approximate surface area is 329 Å². The van der Waals surface area contributed by atoms with Gasteiger partial charge in [0, 0.05) is 0 Å². The van der Waals surface area contributed by atoms with Crippen molar-refractivity contribution in [3.05, 3.63) is 110 Å². The summed E-state index contributed by atoms with van der Waals surface area (Å²) in [7, 11) is 0. The van der Waals surface area contributed by atoms with Gasteiger partial charge in [-0.15, -0.1) is 11.3 Å². The molecule has 1 amide bonds. The fraction of sp³-hybridized carbons (Fsp3) is 0.478. The maximum atomic E-state index is 13.4. The number of carbonyl (C=O) groups is 1. The quantitative estimate of drug-likeness (QED) is 0.143. The first kappa shape index (κ1) is 37.6. The number of nitrogens with one attached hydrogen (secondary N) is 1. The third kappa shape index (κ3) is 7.50. The zero-order valence-corrected chi connectivity index (χ0v) is 33.9. The van der Waals surface area contributed by atoms with Crippen molar-refractivity contribution >= 4 is 28.3 Å². The van der Waals surface area contributed by atoms with Crippen LogP contribution in [0, 0.1) is 13.8 Å². The summed E-state index contributed by atoms with van der Waals surface area (Å²) in [6, 6.07) is 21.8. The average molecular weight is 758 g/mol. The molecule has 1 spiro atoms. The summed E-state index contributed by atoms with van der Waals surface area (Å²) in [5, 5.41) is 3.91. The Hall–Kier alpha value is -4.34. The van der Waals surface area contributed by atoms with Crippen LogP contribution in [0.4, 0.5) is 4.79 Å². The highest BCUT2D eigenvalue weighted by molar-refractivity contribution is 7.13. The third-order valence-electron chi connectivity index (χ3n) is 12.3. The number of rotatable bonds is 10. The molecule has 2 aliphatic heterocycles. The standard InChI is InChI=1S/C46H55N5O3S/c1-30-12-11-14-39-40(30)42(52)49-43-46(23-8-9-24-46)36-28-35(19-20-38(36)51(39)43)32-21-26-50(27-22-32)25-10-6-7-13-37(48-44(53)54-45(3,4)5)33-15-17-34(18-16-33)41-31(2)47-29-55-41/h11-12,14-20,28-29,32,37H,6-10,13,21-27H2,1-5H3,(H,48,53). The van der Waals surface area contributed by atoms with Gasteiger partial charge in [-0.1, -0.05) is 74.2 Å². The molecule has 8 nitrogen and oxygen atoms in total. The van der Waals surface area contributed by atoms with Crippen LogP contribution in [-0.4, -0.2) is 50.8 Å². The van der Waals surface area contributed by atoms with E-state index < -0.39 is 5.60 Å². The summed E-state index contributed by atoms with van der Waals surface area (Å²) in [5.41, 5.74) is 10.4. The van der Waals surface area contributed by atoms with Crippen molar-refractivity contribution in [1.82, 2.24) is 24.8 Å². The molecule has 0 bridgehead atoms. The Morgan fingerprint density at radius 3 is 2.47 bits per heavy atom. The van der Waals surface area contributed by atoms with E-state index in [0.29, 0.717) is 5.92 Å². The number of thiazole rings is 1. The second-order valence-corrected chi connectivity index (χ2v) is 18.0. The van der Waals surface area contributed by atoms with E-state index in [1.165, 1.54) is 34.5 Å². The molecule has 5 aromatic rings. The highest BCUT2D eigenvalue weighted by Gasteiger charge is 2.48. The molecule has 288 valence electrons. The van der Waals surface area contributed by atoms with E-state index in [1.54, 1.807) is 11.3 Å². The van der Waals surface area contributed by atoms with Crippen molar-refractivity contribution in [2.24, 2.45) is 0 Å². The van der Waals surface area contributed by atoms with Gasteiger partial charge in [0.25, 0.3) is 5.56 Å². The van der Waals surface area contributed by atoms with Gasteiger partial charge in [-0.25, -0.2) is 9.78 Å². The van der Waals surface area contributed by atoms with Crippen LogP contribution in [0.15, 0.2) is 71.0 Å². The molecule has 1 saturated carbocycles. The van der Waals surface area contributed by atoms with Gasteiger partial charge < -0.3 is 15.0 Å². The molecule has 1 unspecified atom stereocenters. The molecule has 3 aromatic carbocycles. The lowest BCUT2D eigenvalue weighted by Gasteiger charge is -2.33. The van der Waals surface area contributed by atoms with Crippen molar-refractivity contribution in [3.63, 3.8) is 0 Å². The van der Waals surface area contributed by atoms with Gasteiger partial charge in [0.1, 0.15) is 11.4 Å². The molecule has 8 rings (SSSR count). The van der Waals surface area contributed by atoms with Gasteiger partial charge in [0.15, 0.2) is 0 Å². The number of unbranched alkanes of at least 4 members (excludes halogenated alkanes) is 2. The van der Waals surface area contributed by atoms with Gasteiger partial charge in [0.2, 0.25) is 0 Å². The molecule has 1 atom stereocenters. The first-order valence-corrected chi connectivity index (χ1v) is 21.3. The topological polar surface area (TPSA) is 89.4 Å². The lowest BCUT2D eigenvalue weighted by atomic mass is 9.77. The fourth-order valence-electron chi connectivity index (χ4n) is 9.54. The van der Waals surface area contributed by atoms with Crippen molar-refractivity contribution < 1.29 is 9.53 Å². The van der Waals surface area contributed by atoms with Crippen molar-refractivity contribution in [2.45, 2.75) is 122 Å². The lowest BCUT2D eigenvalue weighted by molar-refractivity contribution is 0.0500. The minimum Gasteiger partial charge on any atom is -0.444 e. The Bertz CT molecular complexity index is 2240. The van der Waals surface area contributed by atoms with Crippen LogP contribution in [-0.2, 0) is 10.2 Å². The maximum absolute atomic E-state index is 13.4. The van der Waals surface area contributed by atoms with Gasteiger partial charge in [-0.3, -0.25) is 9.36 Å². The second kappa shape index (κ2) is 15.3. The Morgan fingerprint density at radius 2 is 1.76 bits per heavy atom. The molecule has 2 fully saturated rings. The summed E-state index contributed by atoms with van der Waals surface area (Å²) >= 11 is 1.65. The van der Waals surface area contributed by atoms with Crippen molar-refractivity contribution in [3.8, 4) is 16.1 Å². The highest BCUT2D eigenvalue weighted by atomic mass is 32.1. The minimum atomic E-state index is -0.548. The van der Waals surface area contributed by atoms with Crippen LogP contribution in [0.5, 0.6) is 0 Å². The zero-order valence-electron chi connectivity index (χ0n) is 33.1. The van der Waals surface area contributed by atoms with E-state index in [1.807, 2.05) is 46.2 Å². The van der Waals surface area contributed by atoms with Crippen LogP contribution in [0.2, 0.25) is 0 Å². The van der Waals surface area contributed by atoms with Crippen molar-refractivity contribution in [1.29, 1.82) is 0 Å². The fourth-order valence-corrected chi connectivity index (χ4v) is 10.4. The molecule has 9 heteroatoms. The number of alkyl carbamates (subject to hydrolysis) is 1. The predicted molar refractivity (Wildman–Crippen MR) is 223 cm³/mol. The van der Waals surface area contributed by atoms with Crippen LogP contribution in [0.3, 0.4) is 0 Å². The van der Waals surface area contributed by atoms with Gasteiger partial charge in [0.05, 0.1) is 44.1 Å². The summed E-state index contributed by atoms with van der Waals surface area (Å²) in [4.78, 5) is 39.3. The highest BCUT2D eigenvalue weighted by Crippen LogP contribution is 2.53. The van der Waals surface area contributed by atoms with Crippen LogP contribution < -0.4 is 10.9 Å². The van der Waals surface area contributed by atoms with E-state index in [-0.39, 0.29) is 23.1 Å². The van der Waals surface area contributed by atoms with Crippen molar-refractivity contribution in [2.75, 3.05) is 19.6 Å². The molecule has 1 aliphatic carbocycles. The van der Waals surface area contributed by atoms with Gasteiger partial charge >= 0.3 is 6.09 Å². The number of aromatic nitrogens is 3. The molecule has 4 heterocycles. The molecule has 2 aromatic heterocycles. The third-order valence-corrected chi connectivity index (χ3v) is 13.3. The van der Waals surface area contributed by atoms with Gasteiger partial charge in [-0.2, -0.15) is 4.98 Å². The molecular formula is C46H55N5O3S. The smallest absolute Gasteiger partial charge is 0.408 e. The van der Waals surface area contributed by atoms with Crippen LogP contribution in [0.25, 0.3) is 27.0 Å². The number of amides is 1. The minimum absolute atomic E-state index is 0.0868. The molecule has 1 saturated heterocycles. The van der Waals surface area contributed by atoms with E-state index in [2.05, 4.69) is 74.4 Å². The predicted octanol–water partition coefficient (Wildman–Crippen LogP) is 10.3. The molecule has 1 N–H and O–H groups in total. The SMILES string of the molecule is Cc1ncsc1-c1ccc(C(CCCCCN2CCC(c3ccc4c(c3)C3(CCCC3)c3nc(=O)c5c(C)cccc5n3-4)CC2)NC(=O)OC(C)(C)C)cc1. The normalized spacial score (nSPS) is 17.4. The average Bonchev–Trinajstić information content (AvgIpc) is 3.89. The maximum Gasteiger partial charge on any atom is 0.408 e. The molecule has 55 heavy (non-hydrogen) atoms. The Morgan fingerprint density at radius 1 is 1.00 bits per heavy atom. The number of piperidine rings is 1. The molecular weight excluding hydrogens is 703 g/mol. The summed E-state index contributed by atoms with van der Waals surface area (Å²) in [6.45, 7) is 13.1. The number of ether oxygens (including phenoxy) is 1. The largest absolute Gasteiger partial charge is 0.444 e. The number of nitrogens with zero attached hydrogens (tertiary/aromatic N) is 4. The van der Waals surface area contributed by atoms with E-state index in [0.717, 1.165) is 110 Å². The Balaban J connectivity index is 0.877. The molecule has 3 aliphatic rings. The van der Waals surface area contributed by atoms with E-state index in [9.17, 15) is 9.59 Å². The second-order valence-electron chi connectivity index (χ2n) is 17.2. The van der Waals surface area contributed by atoms with E-state index in [4.69, 9.17) is 9.72 Å². The summed E-state index contributed by atoms with van der Waals surface area (Å²) in [6.07, 6.45) is 10.6. The van der Waals surface area contributed by atoms with Crippen LogP contribution >= 0.6 is 11.3 Å². The summed E-state index contributed by atoms with van der Waals surface area (Å²) in [5.74, 6) is 1.50. The first-order valence-electron chi connectivity index (χ1n) is 20.4. The summed E-state index contributed by atoms with van der Waals surface area (Å²) < 4.78 is 7.95. The zero-order chi connectivity index (χ0) is 38.3. The monoisotopic (exact) mass is 757 g/mol. The number of hydrogen-bond acceptors (Lipinski definition) is 7. The number of benzene rings is 3. The first-order chi connectivity index (χ1) is 26.5. The number of fused-ring (bicyclic) bond motifs is 7. The van der Waals surface area contributed by atoms with Crippen LogP contribution in [0.1, 0.15) is 131 Å². The lowest BCUT2D eigenvalue weighted by Crippen LogP contribution is -2.35. The molecule has 0 radical (unpaired) electrons. The number of aryl methyl sites for hydroxylation is 2. The van der Waals surface area contributed by atoms with E-state index >= 15 is 0 Å². The number of hydrogen-bond donors (Lipinski definition) is 1. The Kier molecular flexibility index (Phi) is 10.5.